The normalized spacial score (nSPS) is 15.4. The number of nitrogens with one attached hydrogen (secondary N) is 1. The van der Waals surface area contributed by atoms with Crippen LogP contribution in [-0.4, -0.2) is 22.6 Å². The molecule has 5 rings (SSSR count). The van der Waals surface area contributed by atoms with Crippen LogP contribution in [0.15, 0.2) is 100 Å². The number of thiazole rings is 1. The number of carbonyl (C=O) groups is 1. The minimum Gasteiger partial charge on any atom is -0.497 e. The molecule has 1 aliphatic heterocycles. The van der Waals surface area contributed by atoms with Crippen LogP contribution in [0.4, 0.5) is 5.69 Å². The van der Waals surface area contributed by atoms with Gasteiger partial charge in [0.05, 0.1) is 29.0 Å². The highest BCUT2D eigenvalue weighted by Gasteiger charge is 2.32. The topological polar surface area (TPSA) is 85.6 Å². The number of hydrogen-bond donors (Lipinski definition) is 1. The number of aromatic nitrogens is 2. The molecule has 35 heavy (non-hydrogen) atoms. The monoisotopic (exact) mass is 482 g/mol. The largest absolute Gasteiger partial charge is 0.497 e. The van der Waals surface area contributed by atoms with E-state index in [0.717, 1.165) is 11.1 Å². The lowest BCUT2D eigenvalue weighted by atomic mass is 9.95. The van der Waals surface area contributed by atoms with Gasteiger partial charge in [0.25, 0.3) is 11.5 Å². The summed E-state index contributed by atoms with van der Waals surface area (Å²) in [6.45, 7) is 1.80. The number of benzene rings is 2. The van der Waals surface area contributed by atoms with E-state index in [1.54, 1.807) is 31.0 Å². The fourth-order valence-electron chi connectivity index (χ4n) is 4.04. The zero-order valence-electron chi connectivity index (χ0n) is 19.1. The summed E-state index contributed by atoms with van der Waals surface area (Å²) in [5, 5.41) is 2.95. The Labute approximate surface area is 205 Å². The molecule has 0 radical (unpaired) electrons. The molecule has 7 nitrogen and oxygen atoms in total. The first-order chi connectivity index (χ1) is 17.0. The Morgan fingerprint density at radius 1 is 1.06 bits per heavy atom. The fraction of sp³-hybridized carbons (Fsp3) is 0.111. The second-order valence-corrected chi connectivity index (χ2v) is 8.96. The van der Waals surface area contributed by atoms with E-state index < -0.39 is 6.04 Å². The highest BCUT2D eigenvalue weighted by atomic mass is 32.1. The second-order valence-electron chi connectivity index (χ2n) is 7.96. The van der Waals surface area contributed by atoms with E-state index in [4.69, 9.17) is 4.74 Å². The minimum atomic E-state index is -0.638. The minimum absolute atomic E-state index is 0.205. The number of ether oxygens (including phenoxy) is 1. The molecule has 1 amide bonds. The summed E-state index contributed by atoms with van der Waals surface area (Å²) < 4.78 is 7.45. The Bertz CT molecular complexity index is 1590. The van der Waals surface area contributed by atoms with Gasteiger partial charge in [-0.2, -0.15) is 0 Å². The number of rotatable bonds is 5. The number of nitrogens with zero attached hydrogens (tertiary/aromatic N) is 3. The molecule has 8 heteroatoms. The molecule has 4 aromatic rings. The maximum atomic E-state index is 13.6. The number of carbonyl (C=O) groups excluding carboxylic acids is 1. The summed E-state index contributed by atoms with van der Waals surface area (Å²) in [5.41, 5.74) is 3.10. The van der Waals surface area contributed by atoms with E-state index >= 15 is 0 Å². The third-order valence-electron chi connectivity index (χ3n) is 5.73. The van der Waals surface area contributed by atoms with Gasteiger partial charge in [-0.1, -0.05) is 41.7 Å². The van der Waals surface area contributed by atoms with E-state index in [-0.39, 0.29) is 11.5 Å². The molecule has 1 N–H and O–H groups in total. The first kappa shape index (κ1) is 22.5. The van der Waals surface area contributed by atoms with Gasteiger partial charge in [-0.05, 0) is 60.5 Å². The van der Waals surface area contributed by atoms with E-state index in [9.17, 15) is 9.59 Å². The number of methoxy groups -OCH3 is 1. The van der Waals surface area contributed by atoms with Crippen LogP contribution in [0.3, 0.4) is 0 Å². The van der Waals surface area contributed by atoms with Crippen LogP contribution in [0, 0.1) is 0 Å². The Morgan fingerprint density at radius 2 is 1.77 bits per heavy atom. The molecule has 0 spiro atoms. The van der Waals surface area contributed by atoms with Crippen LogP contribution < -0.4 is 24.9 Å². The lowest BCUT2D eigenvalue weighted by Crippen LogP contribution is -2.40. The van der Waals surface area contributed by atoms with Gasteiger partial charge in [-0.25, -0.2) is 4.99 Å². The molecule has 174 valence electrons. The van der Waals surface area contributed by atoms with E-state index in [0.29, 0.717) is 32.0 Å². The lowest BCUT2D eigenvalue weighted by molar-refractivity contribution is -0.113. The molecule has 0 saturated heterocycles. The highest BCUT2D eigenvalue weighted by molar-refractivity contribution is 7.07. The quantitative estimate of drug-likeness (QED) is 0.473. The van der Waals surface area contributed by atoms with Gasteiger partial charge in [-0.3, -0.25) is 19.1 Å². The van der Waals surface area contributed by atoms with Crippen LogP contribution in [0.25, 0.3) is 6.08 Å². The SMILES string of the molecule is COc1ccc([C@@H]2C(C(=O)Nc3ccccc3)=C(C)N=c3s/c(=C/c4ccncc4)c(=O)n32)cc1. The highest BCUT2D eigenvalue weighted by Crippen LogP contribution is 2.31. The number of hydrogen-bond acceptors (Lipinski definition) is 6. The molecule has 0 saturated carbocycles. The van der Waals surface area contributed by atoms with E-state index in [1.807, 2.05) is 72.8 Å². The summed E-state index contributed by atoms with van der Waals surface area (Å²) in [4.78, 5) is 36.4. The third kappa shape index (κ3) is 4.43. The first-order valence-electron chi connectivity index (χ1n) is 11.0. The average Bonchev–Trinajstić information content (AvgIpc) is 3.18. The molecular weight excluding hydrogens is 460 g/mol. The van der Waals surface area contributed by atoms with Gasteiger partial charge < -0.3 is 10.1 Å². The predicted octanol–water partition coefficient (Wildman–Crippen LogP) is 3.28. The van der Waals surface area contributed by atoms with Crippen LogP contribution in [0.2, 0.25) is 0 Å². The van der Waals surface area contributed by atoms with Crippen molar-refractivity contribution in [3.05, 3.63) is 121 Å². The molecule has 0 aliphatic carbocycles. The van der Waals surface area contributed by atoms with E-state index in [2.05, 4.69) is 15.3 Å². The van der Waals surface area contributed by atoms with Crippen molar-refractivity contribution in [1.82, 2.24) is 9.55 Å². The number of anilines is 1. The van der Waals surface area contributed by atoms with Gasteiger partial charge >= 0.3 is 0 Å². The predicted molar refractivity (Wildman–Crippen MR) is 136 cm³/mol. The van der Waals surface area contributed by atoms with Crippen LogP contribution >= 0.6 is 11.3 Å². The summed E-state index contributed by atoms with van der Waals surface area (Å²) in [6, 6.07) is 19.7. The molecule has 0 unspecified atom stereocenters. The molecule has 1 atom stereocenters. The van der Waals surface area contributed by atoms with Crippen molar-refractivity contribution in [3.8, 4) is 5.75 Å². The summed E-state index contributed by atoms with van der Waals surface area (Å²) >= 11 is 1.30. The Hall–Kier alpha value is -4.30. The van der Waals surface area contributed by atoms with Crippen LogP contribution in [0.1, 0.15) is 24.1 Å². The fourth-order valence-corrected chi connectivity index (χ4v) is 5.09. The number of para-hydroxylation sites is 1. The van der Waals surface area contributed by atoms with E-state index in [1.165, 1.54) is 11.3 Å². The van der Waals surface area contributed by atoms with Crippen LogP contribution in [-0.2, 0) is 4.79 Å². The average molecular weight is 483 g/mol. The van der Waals surface area contributed by atoms with Crippen LogP contribution in [0.5, 0.6) is 5.75 Å². The maximum absolute atomic E-state index is 13.6. The summed E-state index contributed by atoms with van der Waals surface area (Å²) in [7, 11) is 1.60. The lowest BCUT2D eigenvalue weighted by Gasteiger charge is -2.25. The van der Waals surface area contributed by atoms with Crippen molar-refractivity contribution >= 4 is 29.0 Å². The molecule has 1 aliphatic rings. The van der Waals surface area contributed by atoms with Gasteiger partial charge in [-0.15, -0.1) is 0 Å². The molecule has 0 fully saturated rings. The number of pyridine rings is 1. The van der Waals surface area contributed by atoms with Crippen molar-refractivity contribution in [2.75, 3.05) is 12.4 Å². The third-order valence-corrected chi connectivity index (χ3v) is 6.72. The summed E-state index contributed by atoms with van der Waals surface area (Å²) in [6.07, 6.45) is 5.18. The standard InChI is InChI=1S/C27H22N4O3S/c1-17-23(25(32)30-20-6-4-3-5-7-20)24(19-8-10-21(34-2)11-9-19)31-26(33)22(35-27(31)29-17)16-18-12-14-28-15-13-18/h3-16,24H,1-2H3,(H,30,32)/b22-16+/t24-/m1/s1. The van der Waals surface area contributed by atoms with Crippen molar-refractivity contribution in [2.24, 2.45) is 4.99 Å². The number of amides is 1. The smallest absolute Gasteiger partial charge is 0.271 e. The second kappa shape index (κ2) is 9.52. The van der Waals surface area contributed by atoms with Gasteiger partial charge in [0.2, 0.25) is 0 Å². The Kier molecular flexibility index (Phi) is 6.12. The Balaban J connectivity index is 1.67. The maximum Gasteiger partial charge on any atom is 0.271 e. The van der Waals surface area contributed by atoms with Gasteiger partial charge in [0.15, 0.2) is 4.80 Å². The Morgan fingerprint density at radius 3 is 2.46 bits per heavy atom. The number of fused-ring (bicyclic) bond motifs is 1. The first-order valence-corrected chi connectivity index (χ1v) is 11.8. The van der Waals surface area contributed by atoms with Gasteiger partial charge in [0, 0.05) is 18.1 Å². The summed E-state index contributed by atoms with van der Waals surface area (Å²) in [5.74, 6) is 0.386. The zero-order valence-corrected chi connectivity index (χ0v) is 20.0. The van der Waals surface area contributed by atoms with Crippen molar-refractivity contribution in [3.63, 3.8) is 0 Å². The van der Waals surface area contributed by atoms with Crippen molar-refractivity contribution in [2.45, 2.75) is 13.0 Å². The molecule has 2 aromatic heterocycles. The zero-order chi connectivity index (χ0) is 24.4. The number of allylic oxidation sites excluding steroid dienone is 1. The van der Waals surface area contributed by atoms with Gasteiger partial charge in [0.1, 0.15) is 5.75 Å². The molecular formula is C27H22N4O3S. The molecule has 3 heterocycles. The molecule has 0 bridgehead atoms. The van der Waals surface area contributed by atoms with Crippen molar-refractivity contribution in [1.29, 1.82) is 0 Å². The molecule has 2 aromatic carbocycles. The van der Waals surface area contributed by atoms with Crippen molar-refractivity contribution < 1.29 is 9.53 Å².